The van der Waals surface area contributed by atoms with Crippen LogP contribution in [0.3, 0.4) is 0 Å². The van der Waals surface area contributed by atoms with Gasteiger partial charge in [-0.25, -0.2) is 0 Å². The molecule has 0 unspecified atom stereocenters. The van der Waals surface area contributed by atoms with Crippen molar-refractivity contribution >= 4 is 11.9 Å². The molecule has 0 aliphatic carbocycles. The molecule has 0 heterocycles. The first-order valence-electron chi connectivity index (χ1n) is 4.91. The normalized spacial score (nSPS) is 9.88. The lowest BCUT2D eigenvalue weighted by molar-refractivity contribution is -0.139. The fourth-order valence-electron chi connectivity index (χ4n) is 1.21. The highest BCUT2D eigenvalue weighted by Crippen LogP contribution is 1.94. The number of likely N-dealkylation sites (N-methyl/N-ethyl adjacent to an activating group) is 1. The molecule has 0 aliphatic rings. The van der Waals surface area contributed by atoms with E-state index in [0.717, 1.165) is 0 Å². The number of hydrogen-bond acceptors (Lipinski definition) is 3. The van der Waals surface area contributed by atoms with Gasteiger partial charge in [-0.05, 0) is 7.05 Å². The van der Waals surface area contributed by atoms with E-state index in [1.54, 1.807) is 24.1 Å². The number of hydrogen-bond donors (Lipinski definition) is 1. The van der Waals surface area contributed by atoms with Gasteiger partial charge in [0, 0.05) is 13.1 Å². The molecule has 5 nitrogen and oxygen atoms in total. The van der Waals surface area contributed by atoms with Crippen molar-refractivity contribution in [2.75, 3.05) is 33.2 Å². The molecule has 1 amide bonds. The van der Waals surface area contributed by atoms with Crippen LogP contribution in [0.15, 0.2) is 25.3 Å². The second-order valence-electron chi connectivity index (χ2n) is 3.44. The van der Waals surface area contributed by atoms with Gasteiger partial charge in [0.05, 0.1) is 13.1 Å². The molecule has 0 rings (SSSR count). The highest BCUT2D eigenvalue weighted by molar-refractivity contribution is 5.79. The van der Waals surface area contributed by atoms with Crippen molar-refractivity contribution in [3.05, 3.63) is 25.3 Å². The summed E-state index contributed by atoms with van der Waals surface area (Å²) < 4.78 is 0. The highest BCUT2D eigenvalue weighted by atomic mass is 16.4. The summed E-state index contributed by atoms with van der Waals surface area (Å²) in [5.41, 5.74) is 0. The molecule has 0 aromatic heterocycles. The summed E-state index contributed by atoms with van der Waals surface area (Å²) in [4.78, 5) is 25.1. The Hall–Kier alpha value is -1.62. The fourth-order valence-corrected chi connectivity index (χ4v) is 1.21. The number of carboxylic acids is 1. The maximum atomic E-state index is 11.7. The molecule has 0 fully saturated rings. The minimum absolute atomic E-state index is 0.0774. The van der Waals surface area contributed by atoms with E-state index >= 15 is 0 Å². The van der Waals surface area contributed by atoms with E-state index in [4.69, 9.17) is 5.11 Å². The zero-order chi connectivity index (χ0) is 12.6. The van der Waals surface area contributed by atoms with Crippen molar-refractivity contribution in [2.45, 2.75) is 0 Å². The van der Waals surface area contributed by atoms with Gasteiger partial charge < -0.3 is 10.0 Å². The zero-order valence-corrected chi connectivity index (χ0v) is 9.56. The van der Waals surface area contributed by atoms with Gasteiger partial charge in [0.1, 0.15) is 0 Å². The molecule has 0 bridgehead atoms. The quantitative estimate of drug-likeness (QED) is 0.601. The van der Waals surface area contributed by atoms with Gasteiger partial charge in [-0.2, -0.15) is 0 Å². The van der Waals surface area contributed by atoms with Crippen molar-refractivity contribution in [3.63, 3.8) is 0 Å². The van der Waals surface area contributed by atoms with Crippen LogP contribution in [-0.4, -0.2) is 60.0 Å². The predicted molar refractivity (Wildman–Crippen MR) is 62.1 cm³/mol. The van der Waals surface area contributed by atoms with Crippen LogP contribution in [0, 0.1) is 0 Å². The topological polar surface area (TPSA) is 60.9 Å². The Morgan fingerprint density at radius 1 is 1.19 bits per heavy atom. The van der Waals surface area contributed by atoms with E-state index in [9.17, 15) is 9.59 Å². The largest absolute Gasteiger partial charge is 0.480 e. The van der Waals surface area contributed by atoms with Crippen molar-refractivity contribution < 1.29 is 14.7 Å². The highest BCUT2D eigenvalue weighted by Gasteiger charge is 2.14. The molecule has 0 saturated carbocycles. The molecule has 0 aromatic rings. The molecular formula is C11H18N2O3. The number of rotatable bonds is 8. The van der Waals surface area contributed by atoms with Crippen LogP contribution in [0.25, 0.3) is 0 Å². The molecule has 5 heteroatoms. The van der Waals surface area contributed by atoms with Crippen molar-refractivity contribution in [1.29, 1.82) is 0 Å². The standard InChI is InChI=1S/C11H18N2O3/c1-4-6-13(7-5-2)10(14)8-12(3)9-11(15)16/h4-5H,1-2,6-9H2,3H3,(H,15,16). The van der Waals surface area contributed by atoms with Gasteiger partial charge in [-0.15, -0.1) is 13.2 Å². The number of nitrogens with zero attached hydrogens (tertiary/aromatic N) is 2. The van der Waals surface area contributed by atoms with Crippen molar-refractivity contribution in [2.24, 2.45) is 0 Å². The van der Waals surface area contributed by atoms with E-state index in [0.29, 0.717) is 13.1 Å². The third kappa shape index (κ3) is 5.98. The fraction of sp³-hybridized carbons (Fsp3) is 0.455. The molecule has 0 spiro atoms. The number of carbonyl (C=O) groups excluding carboxylic acids is 1. The summed E-state index contributed by atoms with van der Waals surface area (Å²) in [6.07, 6.45) is 3.25. The van der Waals surface area contributed by atoms with Crippen molar-refractivity contribution in [1.82, 2.24) is 9.80 Å². The summed E-state index contributed by atoms with van der Waals surface area (Å²) in [6.45, 7) is 7.91. The van der Waals surface area contributed by atoms with Crippen molar-refractivity contribution in [3.8, 4) is 0 Å². The third-order valence-corrected chi connectivity index (χ3v) is 1.86. The molecule has 90 valence electrons. The smallest absolute Gasteiger partial charge is 0.317 e. The minimum atomic E-state index is -0.950. The van der Waals surface area contributed by atoms with E-state index in [2.05, 4.69) is 13.2 Å². The molecular weight excluding hydrogens is 208 g/mol. The van der Waals surface area contributed by atoms with Gasteiger partial charge in [-0.1, -0.05) is 12.2 Å². The molecule has 16 heavy (non-hydrogen) atoms. The Balaban J connectivity index is 4.22. The Kier molecular flexibility index (Phi) is 6.87. The lowest BCUT2D eigenvalue weighted by Crippen LogP contribution is -2.40. The summed E-state index contributed by atoms with van der Waals surface area (Å²) in [5.74, 6) is -1.09. The lowest BCUT2D eigenvalue weighted by Gasteiger charge is -2.22. The lowest BCUT2D eigenvalue weighted by atomic mass is 10.4. The first-order chi connectivity index (χ1) is 7.51. The average Bonchev–Trinajstić information content (AvgIpc) is 2.15. The Morgan fingerprint density at radius 3 is 2.06 bits per heavy atom. The van der Waals surface area contributed by atoms with Gasteiger partial charge in [-0.3, -0.25) is 14.5 Å². The molecule has 0 aromatic carbocycles. The molecule has 1 N–H and O–H groups in total. The average molecular weight is 226 g/mol. The van der Waals surface area contributed by atoms with E-state index in [1.165, 1.54) is 4.90 Å². The van der Waals surface area contributed by atoms with Crippen LogP contribution in [-0.2, 0) is 9.59 Å². The first kappa shape index (κ1) is 14.4. The van der Waals surface area contributed by atoms with Crippen LogP contribution >= 0.6 is 0 Å². The summed E-state index contributed by atoms with van der Waals surface area (Å²) in [7, 11) is 1.59. The maximum absolute atomic E-state index is 11.7. The monoisotopic (exact) mass is 226 g/mol. The van der Waals surface area contributed by atoms with E-state index < -0.39 is 5.97 Å². The van der Waals surface area contributed by atoms with Crippen LogP contribution in [0.1, 0.15) is 0 Å². The molecule has 0 saturated heterocycles. The summed E-state index contributed by atoms with van der Waals surface area (Å²) in [6, 6.07) is 0. The van der Waals surface area contributed by atoms with Gasteiger partial charge in [0.25, 0.3) is 0 Å². The van der Waals surface area contributed by atoms with E-state index in [-0.39, 0.29) is 19.0 Å². The van der Waals surface area contributed by atoms with E-state index in [1.807, 2.05) is 0 Å². The summed E-state index contributed by atoms with van der Waals surface area (Å²) >= 11 is 0. The minimum Gasteiger partial charge on any atom is -0.480 e. The number of amides is 1. The Morgan fingerprint density at radius 2 is 1.69 bits per heavy atom. The van der Waals surface area contributed by atoms with Crippen LogP contribution in [0.5, 0.6) is 0 Å². The van der Waals surface area contributed by atoms with Gasteiger partial charge in [0.2, 0.25) is 5.91 Å². The van der Waals surface area contributed by atoms with Gasteiger partial charge in [0.15, 0.2) is 0 Å². The van der Waals surface area contributed by atoms with Crippen LogP contribution in [0.4, 0.5) is 0 Å². The third-order valence-electron chi connectivity index (χ3n) is 1.86. The Labute approximate surface area is 95.6 Å². The Bertz CT molecular complexity index is 266. The number of carboxylic acid groups (broad SMARTS) is 1. The number of carbonyl (C=O) groups is 2. The molecule has 0 radical (unpaired) electrons. The SMILES string of the molecule is C=CCN(CC=C)C(=O)CN(C)CC(=O)O. The van der Waals surface area contributed by atoms with Gasteiger partial charge >= 0.3 is 5.97 Å². The predicted octanol–water partition coefficient (Wildman–Crippen LogP) is 0.203. The summed E-state index contributed by atoms with van der Waals surface area (Å²) in [5, 5.41) is 8.54. The number of aliphatic carboxylic acids is 1. The zero-order valence-electron chi connectivity index (χ0n) is 9.56. The second-order valence-corrected chi connectivity index (χ2v) is 3.44. The molecule has 0 atom stereocenters. The maximum Gasteiger partial charge on any atom is 0.317 e. The van der Waals surface area contributed by atoms with Crippen LogP contribution < -0.4 is 0 Å². The molecule has 0 aliphatic heterocycles. The van der Waals surface area contributed by atoms with Crippen LogP contribution in [0.2, 0.25) is 0 Å². The second kappa shape index (κ2) is 7.64. The first-order valence-corrected chi connectivity index (χ1v) is 4.91.